The Balaban J connectivity index is 2.68. The highest BCUT2D eigenvalue weighted by molar-refractivity contribution is 5.22. The van der Waals surface area contributed by atoms with Gasteiger partial charge in [-0.3, -0.25) is 0 Å². The fourth-order valence-electron chi connectivity index (χ4n) is 1.08. The van der Waals surface area contributed by atoms with E-state index in [1.807, 2.05) is 30.3 Å². The summed E-state index contributed by atoms with van der Waals surface area (Å²) in [5.41, 5.74) is -0.782. The molecule has 1 atom stereocenters. The number of para-hydroxylation sites is 1. The van der Waals surface area contributed by atoms with Crippen LogP contribution in [0.1, 0.15) is 13.8 Å². The lowest BCUT2D eigenvalue weighted by Gasteiger charge is -2.30. The molecule has 0 saturated carbocycles. The second-order valence-electron chi connectivity index (χ2n) is 3.72. The molecule has 0 unspecified atom stereocenters. The lowest BCUT2D eigenvalue weighted by molar-refractivity contribution is -0.0542. The summed E-state index contributed by atoms with van der Waals surface area (Å²) in [5, 5.41) is 18.3. The lowest BCUT2D eigenvalue weighted by atomic mass is 10.0. The second-order valence-corrected chi connectivity index (χ2v) is 3.72. The van der Waals surface area contributed by atoms with Crippen molar-refractivity contribution in [1.82, 2.24) is 0 Å². The predicted octanol–water partition coefficient (Wildman–Crippen LogP) is 1.20. The van der Waals surface area contributed by atoms with Gasteiger partial charge in [0.15, 0.2) is 0 Å². The summed E-state index contributed by atoms with van der Waals surface area (Å²) in [6.45, 7) is 3.17. The van der Waals surface area contributed by atoms with Crippen molar-refractivity contribution in [3.63, 3.8) is 0 Å². The van der Waals surface area contributed by atoms with Crippen molar-refractivity contribution in [2.45, 2.75) is 25.6 Å². The molecule has 0 aliphatic rings. The van der Waals surface area contributed by atoms with E-state index in [-0.39, 0.29) is 6.61 Å². The van der Waals surface area contributed by atoms with Crippen LogP contribution in [0.2, 0.25) is 0 Å². The SMILES string of the molecule is CC(C)(Oc1ccccc1)[C@@H](O)CO. The van der Waals surface area contributed by atoms with Gasteiger partial charge in [-0.1, -0.05) is 18.2 Å². The van der Waals surface area contributed by atoms with Gasteiger partial charge < -0.3 is 14.9 Å². The number of hydrogen-bond donors (Lipinski definition) is 2. The van der Waals surface area contributed by atoms with Crippen molar-refractivity contribution < 1.29 is 14.9 Å². The Morgan fingerprint density at radius 2 is 1.86 bits per heavy atom. The van der Waals surface area contributed by atoms with Gasteiger partial charge in [-0.25, -0.2) is 0 Å². The molecule has 0 fully saturated rings. The molecule has 1 aromatic carbocycles. The molecule has 0 spiro atoms. The van der Waals surface area contributed by atoms with Crippen molar-refractivity contribution >= 4 is 0 Å². The van der Waals surface area contributed by atoms with Gasteiger partial charge in [-0.05, 0) is 26.0 Å². The van der Waals surface area contributed by atoms with Gasteiger partial charge in [-0.2, -0.15) is 0 Å². The van der Waals surface area contributed by atoms with Gasteiger partial charge in [0.2, 0.25) is 0 Å². The minimum Gasteiger partial charge on any atom is -0.485 e. The molecule has 3 heteroatoms. The van der Waals surface area contributed by atoms with Gasteiger partial charge in [0.1, 0.15) is 17.5 Å². The molecule has 0 amide bonds. The first kappa shape index (κ1) is 11.0. The lowest BCUT2D eigenvalue weighted by Crippen LogP contribution is -2.44. The largest absolute Gasteiger partial charge is 0.485 e. The third kappa shape index (κ3) is 2.72. The van der Waals surface area contributed by atoms with Crippen LogP contribution in [0.3, 0.4) is 0 Å². The van der Waals surface area contributed by atoms with E-state index >= 15 is 0 Å². The van der Waals surface area contributed by atoms with Crippen molar-refractivity contribution in [1.29, 1.82) is 0 Å². The van der Waals surface area contributed by atoms with Crippen LogP contribution in [0.4, 0.5) is 0 Å². The van der Waals surface area contributed by atoms with Gasteiger partial charge in [-0.15, -0.1) is 0 Å². The summed E-state index contributed by atoms with van der Waals surface area (Å²) in [6, 6.07) is 9.23. The van der Waals surface area contributed by atoms with Crippen LogP contribution in [0.15, 0.2) is 30.3 Å². The molecule has 0 saturated heterocycles. The monoisotopic (exact) mass is 196 g/mol. The fraction of sp³-hybridized carbons (Fsp3) is 0.455. The van der Waals surface area contributed by atoms with Crippen LogP contribution in [0.5, 0.6) is 5.75 Å². The Hall–Kier alpha value is -1.06. The van der Waals surface area contributed by atoms with Crippen molar-refractivity contribution in [2.24, 2.45) is 0 Å². The van der Waals surface area contributed by atoms with E-state index in [4.69, 9.17) is 9.84 Å². The molecular formula is C11H16O3. The zero-order chi connectivity index (χ0) is 10.6. The van der Waals surface area contributed by atoms with Gasteiger partial charge in [0, 0.05) is 0 Å². The Kier molecular flexibility index (Phi) is 3.49. The number of aliphatic hydroxyl groups excluding tert-OH is 2. The Morgan fingerprint density at radius 3 is 2.36 bits per heavy atom. The molecule has 14 heavy (non-hydrogen) atoms. The van der Waals surface area contributed by atoms with Crippen molar-refractivity contribution in [3.05, 3.63) is 30.3 Å². The van der Waals surface area contributed by atoms with Gasteiger partial charge in [0.05, 0.1) is 6.61 Å². The smallest absolute Gasteiger partial charge is 0.131 e. The Labute approximate surface area is 84.0 Å². The van der Waals surface area contributed by atoms with Crippen LogP contribution in [-0.4, -0.2) is 28.5 Å². The zero-order valence-electron chi connectivity index (χ0n) is 8.47. The maximum absolute atomic E-state index is 9.47. The molecule has 1 rings (SSSR count). The first-order valence-corrected chi connectivity index (χ1v) is 4.59. The molecule has 2 N–H and O–H groups in total. The molecular weight excluding hydrogens is 180 g/mol. The number of rotatable bonds is 4. The van der Waals surface area contributed by atoms with Crippen LogP contribution in [0.25, 0.3) is 0 Å². The molecule has 1 aromatic rings. The van der Waals surface area contributed by atoms with Crippen molar-refractivity contribution in [2.75, 3.05) is 6.61 Å². The first-order chi connectivity index (χ1) is 6.56. The molecule has 0 aliphatic heterocycles. The molecule has 0 heterocycles. The van der Waals surface area contributed by atoms with Crippen LogP contribution in [-0.2, 0) is 0 Å². The third-order valence-electron chi connectivity index (χ3n) is 2.10. The van der Waals surface area contributed by atoms with Crippen LogP contribution in [0, 0.1) is 0 Å². The summed E-state index contributed by atoms with van der Waals surface area (Å²) in [6.07, 6.45) is -0.886. The average molecular weight is 196 g/mol. The summed E-state index contributed by atoms with van der Waals surface area (Å²) < 4.78 is 5.54. The average Bonchev–Trinajstić information content (AvgIpc) is 2.17. The number of benzene rings is 1. The Morgan fingerprint density at radius 1 is 1.29 bits per heavy atom. The molecule has 3 nitrogen and oxygen atoms in total. The second kappa shape index (κ2) is 4.44. The maximum Gasteiger partial charge on any atom is 0.131 e. The highest BCUT2D eigenvalue weighted by Crippen LogP contribution is 2.20. The third-order valence-corrected chi connectivity index (χ3v) is 2.10. The first-order valence-electron chi connectivity index (χ1n) is 4.59. The summed E-state index contributed by atoms with van der Waals surface area (Å²) in [7, 11) is 0. The fourth-order valence-corrected chi connectivity index (χ4v) is 1.08. The predicted molar refractivity (Wildman–Crippen MR) is 54.2 cm³/mol. The Bertz CT molecular complexity index is 269. The van der Waals surface area contributed by atoms with E-state index < -0.39 is 11.7 Å². The van der Waals surface area contributed by atoms with E-state index in [9.17, 15) is 5.11 Å². The topological polar surface area (TPSA) is 49.7 Å². The minimum absolute atomic E-state index is 0.306. The number of hydrogen-bond acceptors (Lipinski definition) is 3. The molecule has 0 radical (unpaired) electrons. The van der Waals surface area contributed by atoms with Crippen LogP contribution < -0.4 is 4.74 Å². The molecule has 78 valence electrons. The summed E-state index contributed by atoms with van der Waals surface area (Å²) in [5.74, 6) is 0.685. The standard InChI is InChI=1S/C11H16O3/c1-11(2,10(13)8-12)14-9-6-4-3-5-7-9/h3-7,10,12-13H,8H2,1-2H3/t10-/m0/s1. The van der Waals surface area contributed by atoms with Crippen molar-refractivity contribution in [3.8, 4) is 5.75 Å². The van der Waals surface area contributed by atoms with E-state index in [0.717, 1.165) is 0 Å². The van der Waals surface area contributed by atoms with Gasteiger partial charge in [0.25, 0.3) is 0 Å². The quantitative estimate of drug-likeness (QED) is 0.760. The normalized spacial score (nSPS) is 13.7. The molecule has 0 aromatic heterocycles. The number of ether oxygens (including phenoxy) is 1. The van der Waals surface area contributed by atoms with E-state index in [1.165, 1.54) is 0 Å². The number of aliphatic hydroxyl groups is 2. The molecule has 0 bridgehead atoms. The summed E-state index contributed by atoms with van der Waals surface area (Å²) in [4.78, 5) is 0. The van der Waals surface area contributed by atoms with E-state index in [2.05, 4.69) is 0 Å². The molecule has 0 aliphatic carbocycles. The zero-order valence-corrected chi connectivity index (χ0v) is 8.47. The van der Waals surface area contributed by atoms with E-state index in [1.54, 1.807) is 13.8 Å². The highest BCUT2D eigenvalue weighted by Gasteiger charge is 2.29. The maximum atomic E-state index is 9.47. The van der Waals surface area contributed by atoms with E-state index in [0.29, 0.717) is 5.75 Å². The van der Waals surface area contributed by atoms with Gasteiger partial charge >= 0.3 is 0 Å². The minimum atomic E-state index is -0.886. The summed E-state index contributed by atoms with van der Waals surface area (Å²) >= 11 is 0. The highest BCUT2D eigenvalue weighted by atomic mass is 16.5. The van der Waals surface area contributed by atoms with Crippen LogP contribution >= 0.6 is 0 Å².